The van der Waals surface area contributed by atoms with Crippen molar-refractivity contribution in [3.8, 4) is 0 Å². The molecule has 1 aromatic carbocycles. The fourth-order valence-electron chi connectivity index (χ4n) is 3.37. The first kappa shape index (κ1) is 15.5. The molecular weight excluding hydrogens is 244 g/mol. The van der Waals surface area contributed by atoms with Crippen LogP contribution in [0.3, 0.4) is 0 Å². The number of nitrogens with zero attached hydrogens (tertiary/aromatic N) is 1. The topological polar surface area (TPSA) is 15.3 Å². The quantitative estimate of drug-likeness (QED) is 0.847. The van der Waals surface area contributed by atoms with Crippen LogP contribution in [0.1, 0.15) is 50.6 Å². The first-order valence-corrected chi connectivity index (χ1v) is 8.13. The van der Waals surface area contributed by atoms with Gasteiger partial charge in [-0.05, 0) is 45.3 Å². The van der Waals surface area contributed by atoms with Gasteiger partial charge in [0.15, 0.2) is 0 Å². The summed E-state index contributed by atoms with van der Waals surface area (Å²) in [4.78, 5) is 2.32. The molecule has 0 heterocycles. The van der Waals surface area contributed by atoms with E-state index in [1.807, 2.05) is 0 Å². The van der Waals surface area contributed by atoms with Crippen molar-refractivity contribution >= 4 is 0 Å². The molecule has 20 heavy (non-hydrogen) atoms. The van der Waals surface area contributed by atoms with Gasteiger partial charge in [-0.15, -0.1) is 0 Å². The van der Waals surface area contributed by atoms with E-state index in [9.17, 15) is 0 Å². The van der Waals surface area contributed by atoms with Crippen LogP contribution in [0.5, 0.6) is 0 Å². The Morgan fingerprint density at radius 1 is 1.10 bits per heavy atom. The third kappa shape index (κ3) is 4.32. The molecule has 0 aliphatic heterocycles. The zero-order valence-corrected chi connectivity index (χ0v) is 13.3. The highest BCUT2D eigenvalue weighted by atomic mass is 15.1. The summed E-state index contributed by atoms with van der Waals surface area (Å²) >= 11 is 0. The average Bonchev–Trinajstić information content (AvgIpc) is 2.49. The van der Waals surface area contributed by atoms with Crippen molar-refractivity contribution in [1.82, 2.24) is 10.2 Å². The first-order chi connectivity index (χ1) is 9.68. The molecular formula is C18H30N2. The molecule has 0 radical (unpaired) electrons. The van der Waals surface area contributed by atoms with Gasteiger partial charge in [-0.3, -0.25) is 0 Å². The van der Waals surface area contributed by atoms with E-state index in [1.165, 1.54) is 37.7 Å². The van der Waals surface area contributed by atoms with Gasteiger partial charge in [0, 0.05) is 18.6 Å². The lowest BCUT2D eigenvalue weighted by Gasteiger charge is -2.32. The van der Waals surface area contributed by atoms with Crippen LogP contribution in [0, 0.1) is 5.92 Å². The molecule has 1 saturated carbocycles. The van der Waals surface area contributed by atoms with Crippen LogP contribution >= 0.6 is 0 Å². The number of nitrogens with one attached hydrogen (secondary N) is 1. The van der Waals surface area contributed by atoms with E-state index >= 15 is 0 Å². The van der Waals surface area contributed by atoms with Crippen LogP contribution < -0.4 is 5.32 Å². The molecule has 1 aliphatic carbocycles. The maximum Gasteiger partial charge on any atom is 0.0466 e. The van der Waals surface area contributed by atoms with Crippen LogP contribution in [-0.2, 0) is 0 Å². The highest BCUT2D eigenvalue weighted by Crippen LogP contribution is 2.26. The van der Waals surface area contributed by atoms with Crippen LogP contribution in [-0.4, -0.2) is 31.6 Å². The molecule has 1 aliphatic rings. The van der Waals surface area contributed by atoms with Gasteiger partial charge in [-0.25, -0.2) is 0 Å². The van der Waals surface area contributed by atoms with Crippen molar-refractivity contribution in [3.05, 3.63) is 35.9 Å². The molecule has 0 spiro atoms. The highest BCUT2D eigenvalue weighted by Gasteiger charge is 2.21. The Balaban J connectivity index is 1.89. The van der Waals surface area contributed by atoms with E-state index in [1.54, 1.807) is 0 Å². The van der Waals surface area contributed by atoms with Crippen molar-refractivity contribution in [1.29, 1.82) is 0 Å². The third-order valence-corrected chi connectivity index (χ3v) is 4.80. The average molecular weight is 274 g/mol. The fourth-order valence-corrected chi connectivity index (χ4v) is 3.37. The molecule has 1 fully saturated rings. The van der Waals surface area contributed by atoms with Gasteiger partial charge in [-0.1, -0.05) is 49.6 Å². The predicted octanol–water partition coefficient (Wildman–Crippen LogP) is 3.85. The van der Waals surface area contributed by atoms with Gasteiger partial charge in [0.1, 0.15) is 0 Å². The molecule has 2 heteroatoms. The Kier molecular flexibility index (Phi) is 6.06. The Labute approximate surface area is 124 Å². The number of likely N-dealkylation sites (N-methyl/N-ethyl adjacent to an activating group) is 1. The second-order valence-corrected chi connectivity index (χ2v) is 6.49. The minimum absolute atomic E-state index is 0.460. The van der Waals surface area contributed by atoms with Crippen molar-refractivity contribution in [2.45, 2.75) is 51.1 Å². The SMILES string of the molecule is CC(NCC(c1ccccc1)N(C)C)C1CCCCC1. The summed E-state index contributed by atoms with van der Waals surface area (Å²) in [5, 5.41) is 3.79. The van der Waals surface area contributed by atoms with Gasteiger partial charge in [-0.2, -0.15) is 0 Å². The van der Waals surface area contributed by atoms with E-state index in [-0.39, 0.29) is 0 Å². The Bertz CT molecular complexity index is 368. The fraction of sp³-hybridized carbons (Fsp3) is 0.667. The summed E-state index contributed by atoms with van der Waals surface area (Å²) in [5.41, 5.74) is 1.40. The minimum atomic E-state index is 0.460. The molecule has 2 unspecified atom stereocenters. The number of hydrogen-bond donors (Lipinski definition) is 1. The number of benzene rings is 1. The molecule has 0 bridgehead atoms. The molecule has 1 aromatic rings. The monoisotopic (exact) mass is 274 g/mol. The summed E-state index contributed by atoms with van der Waals surface area (Å²) in [5.74, 6) is 0.877. The molecule has 2 nitrogen and oxygen atoms in total. The van der Waals surface area contributed by atoms with E-state index in [0.717, 1.165) is 12.5 Å². The third-order valence-electron chi connectivity index (χ3n) is 4.80. The highest BCUT2D eigenvalue weighted by molar-refractivity contribution is 5.19. The van der Waals surface area contributed by atoms with Crippen molar-refractivity contribution in [2.24, 2.45) is 5.92 Å². The van der Waals surface area contributed by atoms with Gasteiger partial charge in [0.05, 0.1) is 0 Å². The number of hydrogen-bond acceptors (Lipinski definition) is 2. The zero-order chi connectivity index (χ0) is 14.4. The van der Waals surface area contributed by atoms with Crippen LogP contribution in [0.15, 0.2) is 30.3 Å². The predicted molar refractivity (Wildman–Crippen MR) is 86.9 cm³/mol. The van der Waals surface area contributed by atoms with Crippen molar-refractivity contribution in [2.75, 3.05) is 20.6 Å². The second-order valence-electron chi connectivity index (χ2n) is 6.49. The molecule has 2 atom stereocenters. The number of rotatable bonds is 6. The second kappa shape index (κ2) is 7.80. The smallest absolute Gasteiger partial charge is 0.0466 e. The van der Waals surface area contributed by atoms with Crippen LogP contribution in [0.2, 0.25) is 0 Å². The van der Waals surface area contributed by atoms with Gasteiger partial charge in [0.25, 0.3) is 0 Å². The van der Waals surface area contributed by atoms with Crippen molar-refractivity contribution in [3.63, 3.8) is 0 Å². The van der Waals surface area contributed by atoms with Crippen LogP contribution in [0.4, 0.5) is 0 Å². The molecule has 1 N–H and O–H groups in total. The lowest BCUT2D eigenvalue weighted by atomic mass is 9.84. The maximum atomic E-state index is 3.79. The van der Waals surface area contributed by atoms with E-state index < -0.39 is 0 Å². The van der Waals surface area contributed by atoms with Crippen molar-refractivity contribution < 1.29 is 0 Å². The van der Waals surface area contributed by atoms with Gasteiger partial charge in [0.2, 0.25) is 0 Å². The molecule has 2 rings (SSSR count). The maximum absolute atomic E-state index is 3.79. The van der Waals surface area contributed by atoms with Gasteiger partial charge >= 0.3 is 0 Å². The Hall–Kier alpha value is -0.860. The summed E-state index contributed by atoms with van der Waals surface area (Å²) in [6.07, 6.45) is 7.10. The van der Waals surface area contributed by atoms with E-state index in [4.69, 9.17) is 0 Å². The van der Waals surface area contributed by atoms with Gasteiger partial charge < -0.3 is 10.2 Å². The Morgan fingerprint density at radius 2 is 1.75 bits per heavy atom. The summed E-state index contributed by atoms with van der Waals surface area (Å²) in [6.45, 7) is 3.41. The molecule has 112 valence electrons. The largest absolute Gasteiger partial charge is 0.312 e. The molecule has 0 aromatic heterocycles. The molecule has 0 saturated heterocycles. The summed E-state index contributed by atoms with van der Waals surface area (Å²) < 4.78 is 0. The van der Waals surface area contributed by atoms with Crippen LogP contribution in [0.25, 0.3) is 0 Å². The lowest BCUT2D eigenvalue weighted by molar-refractivity contribution is 0.241. The lowest BCUT2D eigenvalue weighted by Crippen LogP contribution is -2.40. The normalized spacial score (nSPS) is 20.0. The summed E-state index contributed by atoms with van der Waals surface area (Å²) in [6, 6.07) is 11.9. The molecule has 0 amide bonds. The minimum Gasteiger partial charge on any atom is -0.312 e. The first-order valence-electron chi connectivity index (χ1n) is 8.13. The standard InChI is InChI=1S/C18H30N2/c1-15(16-10-6-4-7-11-16)19-14-18(20(2)3)17-12-8-5-9-13-17/h5,8-9,12-13,15-16,18-19H,4,6-7,10-11,14H2,1-3H3. The summed E-state index contributed by atoms with van der Waals surface area (Å²) in [7, 11) is 4.34. The Morgan fingerprint density at radius 3 is 2.35 bits per heavy atom. The zero-order valence-electron chi connectivity index (χ0n) is 13.3. The van der Waals surface area contributed by atoms with E-state index in [0.29, 0.717) is 12.1 Å². The van der Waals surface area contributed by atoms with E-state index in [2.05, 4.69) is 61.6 Å².